The van der Waals surface area contributed by atoms with Gasteiger partial charge in [-0.2, -0.15) is 5.10 Å². The molecule has 3 N–H and O–H groups in total. The van der Waals surface area contributed by atoms with Gasteiger partial charge in [0.15, 0.2) is 0 Å². The Labute approximate surface area is 140 Å². The highest BCUT2D eigenvalue weighted by Gasteiger charge is 2.25. The Kier molecular flexibility index (Phi) is 5.28. The number of urea groups is 1. The van der Waals surface area contributed by atoms with Gasteiger partial charge in [-0.15, -0.1) is 0 Å². The van der Waals surface area contributed by atoms with Gasteiger partial charge in [0.05, 0.1) is 18.8 Å². The van der Waals surface area contributed by atoms with Crippen molar-refractivity contribution >= 4 is 17.6 Å². The van der Waals surface area contributed by atoms with Crippen LogP contribution in [0.2, 0.25) is 5.02 Å². The zero-order valence-corrected chi connectivity index (χ0v) is 14.1. The van der Waals surface area contributed by atoms with Crippen LogP contribution in [0.3, 0.4) is 0 Å². The van der Waals surface area contributed by atoms with E-state index in [4.69, 9.17) is 11.6 Å². The van der Waals surface area contributed by atoms with Gasteiger partial charge in [-0.05, 0) is 31.5 Å². The number of benzene rings is 1. The number of aliphatic hydroxyl groups is 1. The smallest absolute Gasteiger partial charge is 0.315 e. The van der Waals surface area contributed by atoms with Crippen molar-refractivity contribution in [2.75, 3.05) is 6.54 Å². The molecule has 124 valence electrons. The second kappa shape index (κ2) is 7.02. The van der Waals surface area contributed by atoms with E-state index in [-0.39, 0.29) is 18.6 Å². The fourth-order valence-corrected chi connectivity index (χ4v) is 2.26. The number of carbonyl (C=O) groups is 1. The number of hydrogen-bond donors (Lipinski definition) is 3. The molecular weight excluding hydrogens is 316 g/mol. The number of nitrogens with zero attached hydrogens (tertiary/aromatic N) is 2. The highest BCUT2D eigenvalue weighted by Crippen LogP contribution is 2.19. The Morgan fingerprint density at radius 1 is 1.43 bits per heavy atom. The molecule has 0 aliphatic heterocycles. The van der Waals surface area contributed by atoms with Gasteiger partial charge in [0.25, 0.3) is 0 Å². The van der Waals surface area contributed by atoms with Gasteiger partial charge in [0, 0.05) is 23.8 Å². The molecule has 0 bridgehead atoms. The summed E-state index contributed by atoms with van der Waals surface area (Å²) >= 11 is 5.85. The summed E-state index contributed by atoms with van der Waals surface area (Å²) in [5.41, 5.74) is 0.407. The molecule has 0 aliphatic carbocycles. The van der Waals surface area contributed by atoms with Crippen molar-refractivity contribution in [1.82, 2.24) is 20.4 Å². The summed E-state index contributed by atoms with van der Waals surface area (Å²) in [6, 6.07) is 6.76. The Hall–Kier alpha value is -2.05. The molecule has 1 aromatic carbocycles. The molecule has 23 heavy (non-hydrogen) atoms. The third-order valence-electron chi connectivity index (χ3n) is 3.64. The van der Waals surface area contributed by atoms with Crippen LogP contribution < -0.4 is 10.6 Å². The second-order valence-electron chi connectivity index (χ2n) is 5.78. The number of nitrogens with one attached hydrogen (secondary N) is 2. The highest BCUT2D eigenvalue weighted by atomic mass is 35.5. The fraction of sp³-hybridized carbons (Fsp3) is 0.375. The Morgan fingerprint density at radius 3 is 2.65 bits per heavy atom. The van der Waals surface area contributed by atoms with Crippen LogP contribution in [-0.2, 0) is 12.6 Å². The number of aryl methyl sites for hydroxylation is 1. The minimum atomic E-state index is -1.19. The first kappa shape index (κ1) is 17.3. The van der Waals surface area contributed by atoms with E-state index in [1.165, 1.54) is 0 Å². The molecule has 2 rings (SSSR count). The van der Waals surface area contributed by atoms with Crippen LogP contribution in [0, 0.1) is 0 Å². The van der Waals surface area contributed by atoms with Gasteiger partial charge in [0.1, 0.15) is 5.60 Å². The summed E-state index contributed by atoms with van der Waals surface area (Å²) in [5.74, 6) is 0. The average Bonchev–Trinajstić information content (AvgIpc) is 2.93. The predicted octanol–water partition coefficient (Wildman–Crippen LogP) is 2.34. The molecule has 2 atom stereocenters. The van der Waals surface area contributed by atoms with E-state index in [0.29, 0.717) is 10.6 Å². The van der Waals surface area contributed by atoms with E-state index in [1.807, 2.05) is 19.1 Å². The van der Waals surface area contributed by atoms with Crippen LogP contribution in [0.5, 0.6) is 0 Å². The minimum absolute atomic E-state index is 0.0812. The topological polar surface area (TPSA) is 79.2 Å². The van der Waals surface area contributed by atoms with E-state index >= 15 is 0 Å². The molecule has 0 saturated carbocycles. The summed E-state index contributed by atoms with van der Waals surface area (Å²) < 4.78 is 1.60. The number of amides is 2. The quantitative estimate of drug-likeness (QED) is 0.784. The third kappa shape index (κ3) is 4.71. The largest absolute Gasteiger partial charge is 0.383 e. The average molecular weight is 337 g/mol. The standard InChI is InChI=1S/C16H21ClN4O2/c1-11(12-4-6-14(17)7-5-12)20-15(22)18-10-16(2,23)13-8-19-21(3)9-13/h4-9,11,23H,10H2,1-3H3,(H2,18,20,22). The lowest BCUT2D eigenvalue weighted by atomic mass is 10.00. The second-order valence-corrected chi connectivity index (χ2v) is 6.21. The number of halogens is 1. The maximum absolute atomic E-state index is 12.0. The number of carbonyl (C=O) groups excluding carboxylic acids is 1. The summed E-state index contributed by atoms with van der Waals surface area (Å²) in [6.45, 7) is 3.59. The fourth-order valence-electron chi connectivity index (χ4n) is 2.14. The van der Waals surface area contributed by atoms with Crippen LogP contribution in [0.25, 0.3) is 0 Å². The van der Waals surface area contributed by atoms with Crippen molar-refractivity contribution in [2.24, 2.45) is 7.05 Å². The first-order valence-electron chi connectivity index (χ1n) is 7.29. The lowest BCUT2D eigenvalue weighted by molar-refractivity contribution is 0.0592. The Balaban J connectivity index is 1.88. The van der Waals surface area contributed by atoms with Gasteiger partial charge in [-0.1, -0.05) is 23.7 Å². The normalized spacial score (nSPS) is 14.8. The molecule has 7 heteroatoms. The van der Waals surface area contributed by atoms with Crippen molar-refractivity contribution in [2.45, 2.75) is 25.5 Å². The summed E-state index contributed by atoms with van der Waals surface area (Å²) in [5, 5.41) is 20.6. The lowest BCUT2D eigenvalue weighted by Gasteiger charge is -2.23. The molecule has 2 amide bonds. The van der Waals surface area contributed by atoms with E-state index < -0.39 is 5.60 Å². The lowest BCUT2D eigenvalue weighted by Crippen LogP contribution is -2.44. The van der Waals surface area contributed by atoms with Gasteiger partial charge in [0.2, 0.25) is 0 Å². The molecule has 2 unspecified atom stereocenters. The molecular formula is C16H21ClN4O2. The zero-order chi connectivity index (χ0) is 17.0. The maximum atomic E-state index is 12.0. The minimum Gasteiger partial charge on any atom is -0.383 e. The summed E-state index contributed by atoms with van der Waals surface area (Å²) in [4.78, 5) is 12.0. The molecule has 2 aromatic rings. The monoisotopic (exact) mass is 336 g/mol. The number of hydrogen-bond acceptors (Lipinski definition) is 3. The molecule has 0 spiro atoms. The van der Waals surface area contributed by atoms with Gasteiger partial charge in [-0.25, -0.2) is 4.79 Å². The molecule has 6 nitrogen and oxygen atoms in total. The van der Waals surface area contributed by atoms with E-state index in [2.05, 4.69) is 15.7 Å². The van der Waals surface area contributed by atoms with Crippen molar-refractivity contribution < 1.29 is 9.90 Å². The van der Waals surface area contributed by atoms with Crippen LogP contribution in [0.4, 0.5) is 4.79 Å². The molecule has 0 radical (unpaired) electrons. The zero-order valence-electron chi connectivity index (χ0n) is 13.4. The molecule has 0 fully saturated rings. The molecule has 0 saturated heterocycles. The number of rotatable bonds is 5. The Bertz CT molecular complexity index is 667. The van der Waals surface area contributed by atoms with Gasteiger partial charge in [-0.3, -0.25) is 4.68 Å². The Morgan fingerprint density at radius 2 is 2.09 bits per heavy atom. The summed E-state index contributed by atoms with van der Waals surface area (Å²) in [6.07, 6.45) is 3.30. The van der Waals surface area contributed by atoms with Crippen molar-refractivity contribution in [1.29, 1.82) is 0 Å². The van der Waals surface area contributed by atoms with Crippen molar-refractivity contribution in [3.8, 4) is 0 Å². The maximum Gasteiger partial charge on any atom is 0.315 e. The highest BCUT2D eigenvalue weighted by molar-refractivity contribution is 6.30. The SMILES string of the molecule is CC(NC(=O)NCC(C)(O)c1cnn(C)c1)c1ccc(Cl)cc1. The summed E-state index contributed by atoms with van der Waals surface area (Å²) in [7, 11) is 1.77. The third-order valence-corrected chi connectivity index (χ3v) is 3.89. The number of aromatic nitrogens is 2. The van der Waals surface area contributed by atoms with Crippen molar-refractivity contribution in [3.63, 3.8) is 0 Å². The first-order valence-corrected chi connectivity index (χ1v) is 7.67. The van der Waals surface area contributed by atoms with Crippen LogP contribution in [0.1, 0.15) is 31.0 Å². The van der Waals surface area contributed by atoms with E-state index in [1.54, 1.807) is 43.2 Å². The van der Waals surface area contributed by atoms with Gasteiger partial charge < -0.3 is 15.7 Å². The van der Waals surface area contributed by atoms with Crippen LogP contribution in [0.15, 0.2) is 36.7 Å². The van der Waals surface area contributed by atoms with Crippen LogP contribution in [-0.4, -0.2) is 27.5 Å². The van der Waals surface area contributed by atoms with Crippen LogP contribution >= 0.6 is 11.6 Å². The molecule has 0 aliphatic rings. The molecule has 1 heterocycles. The van der Waals surface area contributed by atoms with E-state index in [0.717, 1.165) is 5.56 Å². The van der Waals surface area contributed by atoms with Crippen molar-refractivity contribution in [3.05, 3.63) is 52.8 Å². The van der Waals surface area contributed by atoms with Gasteiger partial charge >= 0.3 is 6.03 Å². The van der Waals surface area contributed by atoms with E-state index in [9.17, 15) is 9.90 Å². The first-order chi connectivity index (χ1) is 10.8. The predicted molar refractivity (Wildman–Crippen MR) is 89.2 cm³/mol. The molecule has 1 aromatic heterocycles.